The first-order chi connectivity index (χ1) is 11.8. The number of rotatable bonds is 4. The fourth-order valence-electron chi connectivity index (χ4n) is 3.23. The van der Waals surface area contributed by atoms with Crippen molar-refractivity contribution in [3.05, 3.63) is 48.3 Å². The molecule has 3 rings (SSSR count). The summed E-state index contributed by atoms with van der Waals surface area (Å²) in [6.07, 6.45) is 4.95. The maximum absolute atomic E-state index is 4.47. The first-order valence-corrected chi connectivity index (χ1v) is 8.92. The summed E-state index contributed by atoms with van der Waals surface area (Å²) in [7, 11) is 1.86. The molecule has 0 bridgehead atoms. The molecule has 1 N–H and O–H groups in total. The number of hydrogen-bond acceptors (Lipinski definition) is 2. The standard InChI is InChI=1S/C20H29N5.HI/c1-19(2)15-24(20(19,3)4)18(21-5)22-12-11-16-13-23-25(14-16)17-9-7-6-8-10-17;/h6-10,13-14H,11-12,15H2,1-5H3,(H,21,22);1H. The molecule has 2 aromatic rings. The van der Waals surface area contributed by atoms with Gasteiger partial charge in [-0.1, -0.05) is 32.0 Å². The van der Waals surface area contributed by atoms with Crippen LogP contribution in [0, 0.1) is 5.41 Å². The van der Waals surface area contributed by atoms with Crippen LogP contribution in [0.15, 0.2) is 47.7 Å². The number of benzene rings is 1. The summed E-state index contributed by atoms with van der Waals surface area (Å²) < 4.78 is 1.92. The first kappa shape index (κ1) is 20.7. The van der Waals surface area contributed by atoms with E-state index in [0.717, 1.165) is 31.2 Å². The highest BCUT2D eigenvalue weighted by Crippen LogP contribution is 2.46. The molecule has 0 spiro atoms. The zero-order chi connectivity index (χ0) is 18.1. The van der Waals surface area contributed by atoms with Crippen molar-refractivity contribution >= 4 is 29.9 Å². The lowest BCUT2D eigenvalue weighted by Gasteiger charge is -2.62. The van der Waals surface area contributed by atoms with Gasteiger partial charge in [0.2, 0.25) is 0 Å². The van der Waals surface area contributed by atoms with Crippen LogP contribution < -0.4 is 5.32 Å². The van der Waals surface area contributed by atoms with Crippen LogP contribution in [-0.4, -0.2) is 46.3 Å². The Labute approximate surface area is 173 Å². The van der Waals surface area contributed by atoms with Crippen molar-refractivity contribution in [1.82, 2.24) is 20.0 Å². The van der Waals surface area contributed by atoms with Gasteiger partial charge < -0.3 is 10.2 Å². The van der Waals surface area contributed by atoms with Gasteiger partial charge >= 0.3 is 0 Å². The van der Waals surface area contributed by atoms with E-state index >= 15 is 0 Å². The Bertz CT molecular complexity index is 749. The number of para-hydroxylation sites is 1. The first-order valence-electron chi connectivity index (χ1n) is 8.92. The van der Waals surface area contributed by atoms with Crippen LogP contribution in [0.1, 0.15) is 33.3 Å². The van der Waals surface area contributed by atoms with E-state index in [1.54, 1.807) is 0 Å². The molecule has 0 unspecified atom stereocenters. The number of aromatic nitrogens is 2. The number of nitrogens with one attached hydrogen (secondary N) is 1. The third-order valence-electron chi connectivity index (χ3n) is 5.71. The molecule has 6 heteroatoms. The van der Waals surface area contributed by atoms with E-state index in [2.05, 4.69) is 66.3 Å². The minimum Gasteiger partial charge on any atom is -0.356 e. The maximum atomic E-state index is 4.47. The summed E-state index contributed by atoms with van der Waals surface area (Å²) in [6, 6.07) is 10.2. The average molecular weight is 467 g/mol. The van der Waals surface area contributed by atoms with E-state index in [-0.39, 0.29) is 29.5 Å². The van der Waals surface area contributed by atoms with Gasteiger partial charge in [0.05, 0.1) is 11.9 Å². The van der Waals surface area contributed by atoms with Crippen molar-refractivity contribution in [3.8, 4) is 5.69 Å². The van der Waals surface area contributed by atoms with Crippen molar-refractivity contribution in [2.75, 3.05) is 20.1 Å². The molecule has 142 valence electrons. The van der Waals surface area contributed by atoms with Crippen LogP contribution in [-0.2, 0) is 6.42 Å². The number of guanidine groups is 1. The molecule has 26 heavy (non-hydrogen) atoms. The van der Waals surface area contributed by atoms with E-state index < -0.39 is 0 Å². The molecule has 1 fully saturated rings. The summed E-state index contributed by atoms with van der Waals surface area (Å²) >= 11 is 0. The summed E-state index contributed by atoms with van der Waals surface area (Å²) in [4.78, 5) is 6.83. The largest absolute Gasteiger partial charge is 0.356 e. The van der Waals surface area contributed by atoms with Crippen LogP contribution >= 0.6 is 24.0 Å². The molecule has 1 aliphatic heterocycles. The van der Waals surface area contributed by atoms with E-state index in [0.29, 0.717) is 5.41 Å². The number of aliphatic imine (C=N–C) groups is 1. The smallest absolute Gasteiger partial charge is 0.194 e. The Morgan fingerprint density at radius 3 is 2.46 bits per heavy atom. The number of nitrogens with zero attached hydrogens (tertiary/aromatic N) is 4. The molecule has 1 aromatic heterocycles. The van der Waals surface area contributed by atoms with Crippen LogP contribution in [0.3, 0.4) is 0 Å². The Hall–Kier alpha value is -1.57. The fraction of sp³-hybridized carbons (Fsp3) is 0.500. The van der Waals surface area contributed by atoms with E-state index in [9.17, 15) is 0 Å². The van der Waals surface area contributed by atoms with Gasteiger partial charge in [-0.2, -0.15) is 5.10 Å². The minimum absolute atomic E-state index is 0. The topological polar surface area (TPSA) is 45.5 Å². The average Bonchev–Trinajstić information content (AvgIpc) is 3.07. The van der Waals surface area contributed by atoms with Gasteiger partial charge in [0.25, 0.3) is 0 Å². The molecular weight excluding hydrogens is 437 g/mol. The second kappa shape index (κ2) is 7.98. The second-order valence-corrected chi connectivity index (χ2v) is 7.88. The summed E-state index contributed by atoms with van der Waals surface area (Å²) in [5, 5.41) is 7.96. The van der Waals surface area contributed by atoms with E-state index in [1.165, 1.54) is 5.56 Å². The number of hydrogen-bond donors (Lipinski definition) is 1. The highest BCUT2D eigenvalue weighted by Gasteiger charge is 2.53. The van der Waals surface area contributed by atoms with Gasteiger partial charge in [0.1, 0.15) is 0 Å². The minimum atomic E-state index is 0. The van der Waals surface area contributed by atoms with Gasteiger partial charge in [-0.3, -0.25) is 4.99 Å². The molecule has 0 saturated carbocycles. The normalized spacial score (nSPS) is 18.0. The van der Waals surface area contributed by atoms with Crippen molar-refractivity contribution < 1.29 is 0 Å². The van der Waals surface area contributed by atoms with Crippen molar-refractivity contribution in [2.24, 2.45) is 10.4 Å². The quantitative estimate of drug-likeness (QED) is 0.424. The van der Waals surface area contributed by atoms with Crippen molar-refractivity contribution in [3.63, 3.8) is 0 Å². The second-order valence-electron chi connectivity index (χ2n) is 7.88. The Balaban J connectivity index is 0.00000243. The van der Waals surface area contributed by atoms with Crippen LogP contribution in [0.2, 0.25) is 0 Å². The molecule has 0 atom stereocenters. The predicted octanol–water partition coefficient (Wildman–Crippen LogP) is 3.73. The van der Waals surface area contributed by atoms with Crippen molar-refractivity contribution in [1.29, 1.82) is 0 Å². The third-order valence-corrected chi connectivity index (χ3v) is 5.71. The highest BCUT2D eigenvalue weighted by atomic mass is 127. The summed E-state index contributed by atoms with van der Waals surface area (Å²) in [5.41, 5.74) is 2.73. The lowest BCUT2D eigenvalue weighted by atomic mass is 9.65. The molecule has 1 saturated heterocycles. The van der Waals surface area contributed by atoms with Gasteiger partial charge in [-0.25, -0.2) is 4.68 Å². The molecule has 0 aliphatic carbocycles. The number of halogens is 1. The highest BCUT2D eigenvalue weighted by molar-refractivity contribution is 14.0. The van der Waals surface area contributed by atoms with Gasteiger partial charge in [-0.05, 0) is 38.0 Å². The molecule has 2 heterocycles. The lowest BCUT2D eigenvalue weighted by molar-refractivity contribution is -0.0666. The SMILES string of the molecule is CN=C(NCCc1cnn(-c2ccccc2)c1)N1CC(C)(C)C1(C)C.I. The molecule has 5 nitrogen and oxygen atoms in total. The van der Waals surface area contributed by atoms with Gasteiger partial charge in [0.15, 0.2) is 5.96 Å². The molecule has 1 aromatic carbocycles. The lowest BCUT2D eigenvalue weighted by Crippen LogP contribution is -2.72. The monoisotopic (exact) mass is 467 g/mol. The zero-order valence-electron chi connectivity index (χ0n) is 16.4. The molecule has 0 radical (unpaired) electrons. The summed E-state index contributed by atoms with van der Waals surface area (Å²) in [5.74, 6) is 0.986. The maximum Gasteiger partial charge on any atom is 0.194 e. The van der Waals surface area contributed by atoms with Crippen LogP contribution in [0.5, 0.6) is 0 Å². The number of likely N-dealkylation sites (tertiary alicyclic amines) is 1. The zero-order valence-corrected chi connectivity index (χ0v) is 18.7. The Morgan fingerprint density at radius 2 is 1.88 bits per heavy atom. The predicted molar refractivity (Wildman–Crippen MR) is 119 cm³/mol. The van der Waals surface area contributed by atoms with Crippen LogP contribution in [0.4, 0.5) is 0 Å². The summed E-state index contributed by atoms with van der Waals surface area (Å²) in [6.45, 7) is 11.1. The molecular formula is C20H30IN5. The fourth-order valence-corrected chi connectivity index (χ4v) is 3.23. The molecule has 0 amide bonds. The van der Waals surface area contributed by atoms with Gasteiger partial charge in [-0.15, -0.1) is 24.0 Å². The van der Waals surface area contributed by atoms with Crippen molar-refractivity contribution in [2.45, 2.75) is 39.7 Å². The Morgan fingerprint density at radius 1 is 1.19 bits per heavy atom. The third kappa shape index (κ3) is 3.89. The van der Waals surface area contributed by atoms with E-state index in [1.807, 2.05) is 36.1 Å². The molecule has 1 aliphatic rings. The van der Waals surface area contributed by atoms with E-state index in [4.69, 9.17) is 0 Å². The Kier molecular flexibility index (Phi) is 6.37. The van der Waals surface area contributed by atoms with Gasteiger partial charge in [0, 0.05) is 37.3 Å². The van der Waals surface area contributed by atoms with Crippen LogP contribution in [0.25, 0.3) is 5.69 Å².